The lowest BCUT2D eigenvalue weighted by molar-refractivity contribution is -0.145. The monoisotopic (exact) mass is 283 g/mol. The Balaban J connectivity index is 1.49. The van der Waals surface area contributed by atoms with Crippen molar-refractivity contribution in [2.75, 3.05) is 12.3 Å². The highest BCUT2D eigenvalue weighted by Crippen LogP contribution is 2.28. The molecule has 2 aromatic carbocycles. The maximum absolute atomic E-state index is 11.8. The molecule has 1 unspecified atom stereocenters. The first kappa shape index (κ1) is 13.5. The summed E-state index contributed by atoms with van der Waals surface area (Å²) in [5, 5.41) is 0. The number of fused-ring (bicyclic) bond motifs is 1. The zero-order chi connectivity index (χ0) is 14.7. The highest BCUT2D eigenvalue weighted by Gasteiger charge is 2.23. The zero-order valence-electron chi connectivity index (χ0n) is 11.6. The van der Waals surface area contributed by atoms with Crippen LogP contribution in [-0.2, 0) is 22.4 Å². The minimum absolute atomic E-state index is 0.0906. The fourth-order valence-corrected chi connectivity index (χ4v) is 2.45. The predicted molar refractivity (Wildman–Crippen MR) is 80.1 cm³/mol. The van der Waals surface area contributed by atoms with Gasteiger partial charge in [0, 0.05) is 12.1 Å². The molecule has 0 aliphatic carbocycles. The number of hydrogen-bond acceptors (Lipinski definition) is 4. The van der Waals surface area contributed by atoms with Crippen LogP contribution in [0.1, 0.15) is 11.1 Å². The minimum Gasteiger partial charge on any atom is -0.486 e. The lowest BCUT2D eigenvalue weighted by Gasteiger charge is -2.11. The molecular formula is C17H17NO3. The van der Waals surface area contributed by atoms with Gasteiger partial charge in [-0.25, -0.2) is 0 Å². The molecule has 4 nitrogen and oxygen atoms in total. The minimum atomic E-state index is -0.264. The molecule has 2 aromatic rings. The standard InChI is InChI=1S/C17H17NO3/c18-14-6-3-4-12(8-14)9-17(19)20-11-15-10-13-5-1-2-7-16(13)21-15/h1-8,15H,9-11,18H2. The second-order valence-corrected chi connectivity index (χ2v) is 5.16. The number of benzene rings is 2. The average Bonchev–Trinajstić information content (AvgIpc) is 2.88. The van der Waals surface area contributed by atoms with Crippen molar-refractivity contribution in [3.63, 3.8) is 0 Å². The fourth-order valence-electron chi connectivity index (χ4n) is 2.45. The van der Waals surface area contributed by atoms with E-state index in [0.717, 1.165) is 23.3 Å². The lowest BCUT2D eigenvalue weighted by Crippen LogP contribution is -2.23. The maximum atomic E-state index is 11.8. The summed E-state index contributed by atoms with van der Waals surface area (Å²) in [6.07, 6.45) is 0.916. The van der Waals surface area contributed by atoms with Gasteiger partial charge in [0.2, 0.25) is 0 Å². The number of carbonyl (C=O) groups excluding carboxylic acids is 1. The van der Waals surface area contributed by atoms with Crippen molar-refractivity contribution in [1.29, 1.82) is 0 Å². The van der Waals surface area contributed by atoms with Gasteiger partial charge >= 0.3 is 5.97 Å². The summed E-state index contributed by atoms with van der Waals surface area (Å²) >= 11 is 0. The van der Waals surface area contributed by atoms with E-state index in [2.05, 4.69) is 0 Å². The van der Waals surface area contributed by atoms with Gasteiger partial charge in [0.1, 0.15) is 18.5 Å². The van der Waals surface area contributed by atoms with E-state index in [1.165, 1.54) is 0 Å². The van der Waals surface area contributed by atoms with E-state index in [0.29, 0.717) is 5.69 Å². The number of hydrogen-bond donors (Lipinski definition) is 1. The Morgan fingerprint density at radius 1 is 1.24 bits per heavy atom. The Morgan fingerprint density at radius 3 is 2.90 bits per heavy atom. The number of ether oxygens (including phenoxy) is 2. The van der Waals surface area contributed by atoms with Gasteiger partial charge in [-0.05, 0) is 29.3 Å². The van der Waals surface area contributed by atoms with Gasteiger partial charge in [-0.15, -0.1) is 0 Å². The summed E-state index contributed by atoms with van der Waals surface area (Å²) in [6, 6.07) is 15.1. The molecular weight excluding hydrogens is 266 g/mol. The SMILES string of the molecule is Nc1cccc(CC(=O)OCC2Cc3ccccc3O2)c1. The molecule has 0 amide bonds. The topological polar surface area (TPSA) is 61.6 Å². The number of para-hydroxylation sites is 1. The van der Waals surface area contributed by atoms with Gasteiger partial charge < -0.3 is 15.2 Å². The van der Waals surface area contributed by atoms with E-state index in [4.69, 9.17) is 15.2 Å². The van der Waals surface area contributed by atoms with E-state index < -0.39 is 0 Å². The summed E-state index contributed by atoms with van der Waals surface area (Å²) in [6.45, 7) is 0.274. The van der Waals surface area contributed by atoms with Crippen molar-refractivity contribution < 1.29 is 14.3 Å². The normalized spacial score (nSPS) is 16.1. The third kappa shape index (κ3) is 3.34. The van der Waals surface area contributed by atoms with Gasteiger partial charge in [0.15, 0.2) is 0 Å². The zero-order valence-corrected chi connectivity index (χ0v) is 11.6. The molecule has 3 rings (SSSR count). The second kappa shape index (κ2) is 5.87. The first-order valence-electron chi connectivity index (χ1n) is 6.95. The van der Waals surface area contributed by atoms with E-state index >= 15 is 0 Å². The second-order valence-electron chi connectivity index (χ2n) is 5.16. The molecule has 108 valence electrons. The van der Waals surface area contributed by atoms with Crippen molar-refractivity contribution in [3.05, 3.63) is 59.7 Å². The fraction of sp³-hybridized carbons (Fsp3) is 0.235. The van der Waals surface area contributed by atoms with Gasteiger partial charge in [0.25, 0.3) is 0 Å². The number of nitrogens with two attached hydrogens (primary N) is 1. The van der Waals surface area contributed by atoms with Crippen LogP contribution in [0.15, 0.2) is 48.5 Å². The van der Waals surface area contributed by atoms with Crippen molar-refractivity contribution in [2.24, 2.45) is 0 Å². The molecule has 1 aliphatic rings. The van der Waals surface area contributed by atoms with E-state index in [1.54, 1.807) is 12.1 Å². The largest absolute Gasteiger partial charge is 0.486 e. The van der Waals surface area contributed by atoms with Gasteiger partial charge in [0.05, 0.1) is 6.42 Å². The quantitative estimate of drug-likeness (QED) is 0.691. The highest BCUT2D eigenvalue weighted by molar-refractivity contribution is 5.73. The molecule has 2 N–H and O–H groups in total. The van der Waals surface area contributed by atoms with Crippen LogP contribution < -0.4 is 10.5 Å². The molecule has 0 fully saturated rings. The third-order valence-corrected chi connectivity index (χ3v) is 3.44. The van der Waals surface area contributed by atoms with Crippen molar-refractivity contribution in [2.45, 2.75) is 18.9 Å². The van der Waals surface area contributed by atoms with Crippen molar-refractivity contribution in [3.8, 4) is 5.75 Å². The van der Waals surface area contributed by atoms with Crippen LogP contribution in [0.25, 0.3) is 0 Å². The molecule has 21 heavy (non-hydrogen) atoms. The molecule has 0 bridgehead atoms. The van der Waals surface area contributed by atoms with Crippen LogP contribution >= 0.6 is 0 Å². The van der Waals surface area contributed by atoms with Crippen LogP contribution in [0.5, 0.6) is 5.75 Å². The number of carbonyl (C=O) groups is 1. The molecule has 0 saturated heterocycles. The van der Waals surface area contributed by atoms with Gasteiger partial charge in [-0.2, -0.15) is 0 Å². The third-order valence-electron chi connectivity index (χ3n) is 3.44. The summed E-state index contributed by atoms with van der Waals surface area (Å²) in [4.78, 5) is 11.8. The van der Waals surface area contributed by atoms with Crippen LogP contribution in [0.4, 0.5) is 5.69 Å². The first-order chi connectivity index (χ1) is 10.2. The Kier molecular flexibility index (Phi) is 3.77. The molecule has 0 aromatic heterocycles. The van der Waals surface area contributed by atoms with Gasteiger partial charge in [-0.3, -0.25) is 4.79 Å². The van der Waals surface area contributed by atoms with Crippen LogP contribution in [0.3, 0.4) is 0 Å². The van der Waals surface area contributed by atoms with Crippen molar-refractivity contribution in [1.82, 2.24) is 0 Å². The molecule has 0 spiro atoms. The van der Waals surface area contributed by atoms with Gasteiger partial charge in [-0.1, -0.05) is 30.3 Å². The predicted octanol–water partition coefficient (Wildman–Crippen LogP) is 2.36. The van der Waals surface area contributed by atoms with E-state index in [-0.39, 0.29) is 25.1 Å². The molecule has 0 radical (unpaired) electrons. The van der Waals surface area contributed by atoms with Crippen LogP contribution in [0, 0.1) is 0 Å². The average molecular weight is 283 g/mol. The first-order valence-corrected chi connectivity index (χ1v) is 6.95. The molecule has 1 atom stereocenters. The summed E-state index contributed by atoms with van der Waals surface area (Å²) in [5.74, 6) is 0.620. The maximum Gasteiger partial charge on any atom is 0.310 e. The molecule has 1 heterocycles. The van der Waals surface area contributed by atoms with Crippen LogP contribution in [-0.4, -0.2) is 18.7 Å². The highest BCUT2D eigenvalue weighted by atomic mass is 16.6. The Bertz CT molecular complexity index is 629. The summed E-state index contributed by atoms with van der Waals surface area (Å²) in [7, 11) is 0. The number of nitrogen functional groups attached to an aromatic ring is 1. The van der Waals surface area contributed by atoms with E-state index in [1.807, 2.05) is 36.4 Å². The van der Waals surface area contributed by atoms with Crippen LogP contribution in [0.2, 0.25) is 0 Å². The smallest absolute Gasteiger partial charge is 0.310 e. The molecule has 0 saturated carbocycles. The summed E-state index contributed by atoms with van der Waals surface area (Å²) in [5.41, 5.74) is 8.35. The summed E-state index contributed by atoms with van der Waals surface area (Å²) < 4.78 is 11.0. The van der Waals surface area contributed by atoms with Crippen molar-refractivity contribution >= 4 is 11.7 Å². The molecule has 1 aliphatic heterocycles. The Morgan fingerprint density at radius 2 is 2.10 bits per heavy atom. The number of rotatable bonds is 4. The number of esters is 1. The molecule has 4 heteroatoms. The lowest BCUT2D eigenvalue weighted by atomic mass is 10.1. The van der Waals surface area contributed by atoms with E-state index in [9.17, 15) is 4.79 Å². The Hall–Kier alpha value is -2.49. The Labute approximate surface area is 123 Å². The number of anilines is 1.